The zero-order valence-corrected chi connectivity index (χ0v) is 21.0. The van der Waals surface area contributed by atoms with Crippen molar-refractivity contribution in [3.8, 4) is 11.1 Å². The molecule has 8 aromatic rings. The van der Waals surface area contributed by atoms with Crippen LogP contribution in [-0.2, 0) is 0 Å². The van der Waals surface area contributed by atoms with Gasteiger partial charge in [0.2, 0.25) is 0 Å². The Balaban J connectivity index is 1.53. The Bertz CT molecular complexity index is 2070. The fourth-order valence-corrected chi connectivity index (χ4v) is 5.79. The van der Waals surface area contributed by atoms with Crippen molar-refractivity contribution in [1.82, 2.24) is 0 Å². The van der Waals surface area contributed by atoms with Gasteiger partial charge in [0.25, 0.3) is 0 Å². The van der Waals surface area contributed by atoms with Crippen LogP contribution in [0.2, 0.25) is 0 Å². The third-order valence-electron chi connectivity index (χ3n) is 7.44. The predicted octanol–water partition coefficient (Wildman–Crippen LogP) is 10.6. The molecule has 39 heavy (non-hydrogen) atoms. The first-order chi connectivity index (χ1) is 19.4. The van der Waals surface area contributed by atoms with E-state index in [9.17, 15) is 0 Å². The molecule has 0 saturated heterocycles. The van der Waals surface area contributed by atoms with Crippen LogP contribution in [0.4, 0.5) is 17.1 Å². The van der Waals surface area contributed by atoms with Crippen molar-refractivity contribution in [2.45, 2.75) is 0 Å². The van der Waals surface area contributed by atoms with Crippen LogP contribution in [-0.4, -0.2) is 0 Å². The molecule has 0 saturated carbocycles. The summed E-state index contributed by atoms with van der Waals surface area (Å²) in [6.45, 7) is 0. The summed E-state index contributed by atoms with van der Waals surface area (Å²) in [6, 6.07) is 48.1. The molecule has 0 aliphatic rings. The molecule has 8 rings (SSSR count). The van der Waals surface area contributed by atoms with Crippen molar-refractivity contribution in [3.05, 3.63) is 140 Å². The zero-order valence-electron chi connectivity index (χ0n) is 21.0. The third-order valence-corrected chi connectivity index (χ3v) is 7.44. The second kappa shape index (κ2) is 8.64. The normalized spacial score (nSPS) is 11.6. The van der Waals surface area contributed by atoms with Crippen LogP contribution in [0.5, 0.6) is 0 Å². The summed E-state index contributed by atoms with van der Waals surface area (Å²) in [5.41, 5.74) is 8.81. The summed E-state index contributed by atoms with van der Waals surface area (Å²) >= 11 is 0. The molecule has 2 aromatic heterocycles. The summed E-state index contributed by atoms with van der Waals surface area (Å²) in [5.74, 6) is 0. The molecule has 3 heteroatoms. The number of hydrogen-bond donors (Lipinski definition) is 0. The van der Waals surface area contributed by atoms with Gasteiger partial charge in [-0.3, -0.25) is 0 Å². The molecule has 0 unspecified atom stereocenters. The molecule has 0 spiro atoms. The standard InChI is InChI=1S/C36H23NO2/c1-4-13-24(14-5-1)33-35-27-19-10-11-21-30(27)38-32(35)23-28-34-29(20-12-22-31(34)39-36(28)33)37(25-15-6-2-7-16-25)26-17-8-3-9-18-26/h1-23H. The van der Waals surface area contributed by atoms with E-state index in [1.54, 1.807) is 0 Å². The van der Waals surface area contributed by atoms with Gasteiger partial charge in [-0.25, -0.2) is 0 Å². The minimum Gasteiger partial charge on any atom is -0.456 e. The van der Waals surface area contributed by atoms with Gasteiger partial charge >= 0.3 is 0 Å². The van der Waals surface area contributed by atoms with Gasteiger partial charge in [-0.2, -0.15) is 0 Å². The van der Waals surface area contributed by atoms with Crippen molar-refractivity contribution in [2.24, 2.45) is 0 Å². The van der Waals surface area contributed by atoms with Crippen molar-refractivity contribution < 1.29 is 8.83 Å². The van der Waals surface area contributed by atoms with Gasteiger partial charge in [0, 0.05) is 33.1 Å². The summed E-state index contributed by atoms with van der Waals surface area (Å²) in [5, 5.41) is 4.25. The van der Waals surface area contributed by atoms with Crippen molar-refractivity contribution in [1.29, 1.82) is 0 Å². The zero-order chi connectivity index (χ0) is 25.8. The Labute approximate surface area is 225 Å². The Morgan fingerprint density at radius 2 is 1.05 bits per heavy atom. The van der Waals surface area contributed by atoms with Crippen LogP contribution in [0.1, 0.15) is 0 Å². The second-order valence-electron chi connectivity index (χ2n) is 9.72. The van der Waals surface area contributed by atoms with E-state index in [1.165, 1.54) is 0 Å². The number of rotatable bonds is 4. The van der Waals surface area contributed by atoms with Gasteiger partial charge in [0.05, 0.1) is 11.1 Å². The Morgan fingerprint density at radius 1 is 0.436 bits per heavy atom. The number of anilines is 3. The molecule has 0 bridgehead atoms. The molecule has 2 heterocycles. The number of fused-ring (bicyclic) bond motifs is 6. The second-order valence-corrected chi connectivity index (χ2v) is 9.72. The van der Waals surface area contributed by atoms with Crippen LogP contribution in [0.3, 0.4) is 0 Å². The molecule has 6 aromatic carbocycles. The summed E-state index contributed by atoms with van der Waals surface area (Å²) in [6.07, 6.45) is 0. The lowest BCUT2D eigenvalue weighted by molar-refractivity contribution is 0.664. The SMILES string of the molecule is c1ccc(-c2c3oc4cccc(N(c5ccccc5)c5ccccc5)c4c3cc3oc4ccccc4c23)cc1. The molecule has 0 fully saturated rings. The molecule has 0 amide bonds. The van der Waals surface area contributed by atoms with E-state index in [0.29, 0.717) is 0 Å². The topological polar surface area (TPSA) is 29.5 Å². The smallest absolute Gasteiger partial charge is 0.144 e. The highest BCUT2D eigenvalue weighted by molar-refractivity contribution is 6.25. The fraction of sp³-hybridized carbons (Fsp3) is 0. The Kier molecular flexibility index (Phi) is 4.82. The first-order valence-corrected chi connectivity index (χ1v) is 13.1. The van der Waals surface area contributed by atoms with Gasteiger partial charge in [-0.15, -0.1) is 0 Å². The van der Waals surface area contributed by atoms with Crippen molar-refractivity contribution >= 4 is 60.9 Å². The lowest BCUT2D eigenvalue weighted by Crippen LogP contribution is -2.09. The number of benzene rings is 6. The molecular weight excluding hydrogens is 478 g/mol. The largest absolute Gasteiger partial charge is 0.456 e. The predicted molar refractivity (Wildman–Crippen MR) is 161 cm³/mol. The number of nitrogens with zero attached hydrogens (tertiary/aromatic N) is 1. The van der Waals surface area contributed by atoms with Crippen molar-refractivity contribution in [3.63, 3.8) is 0 Å². The number of hydrogen-bond acceptors (Lipinski definition) is 3. The molecule has 0 aliphatic carbocycles. The summed E-state index contributed by atoms with van der Waals surface area (Å²) < 4.78 is 13.2. The van der Waals surface area contributed by atoms with E-state index < -0.39 is 0 Å². The summed E-state index contributed by atoms with van der Waals surface area (Å²) in [7, 11) is 0. The maximum absolute atomic E-state index is 6.76. The van der Waals surface area contributed by atoms with E-state index >= 15 is 0 Å². The van der Waals surface area contributed by atoms with Gasteiger partial charge in [0.1, 0.15) is 22.3 Å². The van der Waals surface area contributed by atoms with Gasteiger partial charge in [-0.05, 0) is 54.1 Å². The van der Waals surface area contributed by atoms with Gasteiger partial charge in [-0.1, -0.05) is 91.0 Å². The van der Waals surface area contributed by atoms with Crippen LogP contribution in [0, 0.1) is 0 Å². The van der Waals surface area contributed by atoms with E-state index in [-0.39, 0.29) is 0 Å². The quantitative estimate of drug-likeness (QED) is 0.240. The molecule has 3 nitrogen and oxygen atoms in total. The first-order valence-electron chi connectivity index (χ1n) is 13.1. The average Bonchev–Trinajstić information content (AvgIpc) is 3.56. The molecular formula is C36H23NO2. The van der Waals surface area contributed by atoms with E-state index in [2.05, 4.69) is 114 Å². The number of para-hydroxylation sites is 3. The molecule has 0 radical (unpaired) electrons. The molecule has 0 aliphatic heterocycles. The molecule has 0 N–H and O–H groups in total. The van der Waals surface area contributed by atoms with Gasteiger partial charge in [0.15, 0.2) is 0 Å². The van der Waals surface area contributed by atoms with Gasteiger partial charge < -0.3 is 13.7 Å². The van der Waals surface area contributed by atoms with E-state index in [0.717, 1.165) is 72.1 Å². The molecule has 184 valence electrons. The first kappa shape index (κ1) is 21.8. The van der Waals surface area contributed by atoms with Crippen LogP contribution in [0.25, 0.3) is 55.0 Å². The Morgan fingerprint density at radius 3 is 1.77 bits per heavy atom. The lowest BCUT2D eigenvalue weighted by atomic mass is 9.96. The van der Waals surface area contributed by atoms with Crippen LogP contribution >= 0.6 is 0 Å². The molecule has 0 atom stereocenters. The average molecular weight is 502 g/mol. The van der Waals surface area contributed by atoms with Crippen molar-refractivity contribution in [2.75, 3.05) is 4.90 Å². The number of furan rings is 2. The van der Waals surface area contributed by atoms with E-state index in [1.807, 2.05) is 30.3 Å². The fourth-order valence-electron chi connectivity index (χ4n) is 5.79. The maximum atomic E-state index is 6.76. The highest BCUT2D eigenvalue weighted by atomic mass is 16.3. The highest BCUT2D eigenvalue weighted by Crippen LogP contribution is 2.48. The van der Waals surface area contributed by atoms with Crippen LogP contribution in [0.15, 0.2) is 148 Å². The van der Waals surface area contributed by atoms with E-state index in [4.69, 9.17) is 8.83 Å². The minimum atomic E-state index is 0.841. The Hall–Kier alpha value is -5.28. The highest BCUT2D eigenvalue weighted by Gasteiger charge is 2.24. The maximum Gasteiger partial charge on any atom is 0.144 e. The lowest BCUT2D eigenvalue weighted by Gasteiger charge is -2.26. The summed E-state index contributed by atoms with van der Waals surface area (Å²) in [4.78, 5) is 2.29. The third kappa shape index (κ3) is 3.37. The minimum absolute atomic E-state index is 0.841. The van der Waals surface area contributed by atoms with Crippen LogP contribution < -0.4 is 4.90 Å². The monoisotopic (exact) mass is 501 g/mol.